The van der Waals surface area contributed by atoms with Crippen LogP contribution in [0.1, 0.15) is 64.3 Å². The number of hydrogen-bond donors (Lipinski definition) is 1. The monoisotopic (exact) mass is 407 g/mol. The minimum absolute atomic E-state index is 0.217. The number of nitrogens with one attached hydrogen (secondary N) is 1. The Kier molecular flexibility index (Phi) is 6.67. The summed E-state index contributed by atoms with van der Waals surface area (Å²) in [6, 6.07) is 14.9. The SMILES string of the molecule is CC(C)N(CCNC(=O)c1ccc2c(c1)C(=O)N(Cc1ccccc1)C2=O)C(C)C. The van der Waals surface area contributed by atoms with Crippen LogP contribution in [0.15, 0.2) is 48.5 Å². The maximum atomic E-state index is 12.8. The van der Waals surface area contributed by atoms with Crippen LogP contribution >= 0.6 is 0 Å². The molecule has 1 N–H and O–H groups in total. The van der Waals surface area contributed by atoms with E-state index in [4.69, 9.17) is 0 Å². The molecule has 3 rings (SSSR count). The van der Waals surface area contributed by atoms with Gasteiger partial charge in [0.1, 0.15) is 0 Å². The molecule has 0 bridgehead atoms. The molecule has 0 atom stereocenters. The molecule has 0 aliphatic carbocycles. The number of carbonyl (C=O) groups excluding carboxylic acids is 3. The summed E-state index contributed by atoms with van der Waals surface area (Å²) in [5.41, 5.74) is 1.90. The summed E-state index contributed by atoms with van der Waals surface area (Å²) >= 11 is 0. The topological polar surface area (TPSA) is 69.7 Å². The van der Waals surface area contributed by atoms with Gasteiger partial charge in [-0.2, -0.15) is 0 Å². The second-order valence-corrected chi connectivity index (χ2v) is 8.12. The third-order valence-electron chi connectivity index (χ3n) is 5.40. The molecule has 2 aromatic rings. The number of imide groups is 1. The van der Waals surface area contributed by atoms with Crippen molar-refractivity contribution in [2.45, 2.75) is 46.3 Å². The molecule has 2 aromatic carbocycles. The minimum Gasteiger partial charge on any atom is -0.351 e. The lowest BCUT2D eigenvalue weighted by Gasteiger charge is -2.30. The van der Waals surface area contributed by atoms with E-state index in [9.17, 15) is 14.4 Å². The summed E-state index contributed by atoms with van der Waals surface area (Å²) in [6.07, 6.45) is 0. The maximum absolute atomic E-state index is 12.8. The van der Waals surface area contributed by atoms with E-state index in [1.807, 2.05) is 30.3 Å². The van der Waals surface area contributed by atoms with Crippen molar-refractivity contribution in [3.63, 3.8) is 0 Å². The summed E-state index contributed by atoms with van der Waals surface area (Å²) in [7, 11) is 0. The Balaban J connectivity index is 1.68. The van der Waals surface area contributed by atoms with E-state index in [2.05, 4.69) is 37.9 Å². The first kappa shape index (κ1) is 21.7. The van der Waals surface area contributed by atoms with E-state index in [1.165, 1.54) is 11.0 Å². The van der Waals surface area contributed by atoms with E-state index in [1.54, 1.807) is 12.1 Å². The van der Waals surface area contributed by atoms with Crippen molar-refractivity contribution in [2.75, 3.05) is 13.1 Å². The molecule has 0 saturated heterocycles. The average molecular weight is 408 g/mol. The van der Waals surface area contributed by atoms with Crippen molar-refractivity contribution in [3.8, 4) is 0 Å². The zero-order valence-electron chi connectivity index (χ0n) is 18.0. The zero-order valence-corrected chi connectivity index (χ0v) is 18.0. The van der Waals surface area contributed by atoms with Crippen LogP contribution in [0.3, 0.4) is 0 Å². The van der Waals surface area contributed by atoms with Gasteiger partial charge < -0.3 is 5.32 Å². The Morgan fingerprint density at radius 1 is 0.933 bits per heavy atom. The van der Waals surface area contributed by atoms with Gasteiger partial charge in [0.25, 0.3) is 17.7 Å². The fraction of sp³-hybridized carbons (Fsp3) is 0.375. The Labute approximate surface area is 177 Å². The largest absolute Gasteiger partial charge is 0.351 e. The highest BCUT2D eigenvalue weighted by molar-refractivity contribution is 6.22. The summed E-state index contributed by atoms with van der Waals surface area (Å²) in [5, 5.41) is 2.92. The van der Waals surface area contributed by atoms with Gasteiger partial charge in [0.15, 0.2) is 0 Å². The smallest absolute Gasteiger partial charge is 0.261 e. The van der Waals surface area contributed by atoms with Crippen molar-refractivity contribution in [2.24, 2.45) is 0 Å². The predicted molar refractivity (Wildman–Crippen MR) is 116 cm³/mol. The second-order valence-electron chi connectivity index (χ2n) is 8.12. The van der Waals surface area contributed by atoms with E-state index in [-0.39, 0.29) is 29.8 Å². The molecule has 3 amide bonds. The lowest BCUT2D eigenvalue weighted by molar-refractivity contribution is 0.0642. The molecule has 1 heterocycles. The third-order valence-corrected chi connectivity index (χ3v) is 5.40. The highest BCUT2D eigenvalue weighted by atomic mass is 16.2. The molecule has 0 saturated carbocycles. The van der Waals surface area contributed by atoms with Gasteiger partial charge in [-0.3, -0.25) is 24.2 Å². The van der Waals surface area contributed by atoms with Crippen LogP contribution in [0.2, 0.25) is 0 Å². The molecule has 0 unspecified atom stereocenters. The number of carbonyl (C=O) groups is 3. The predicted octanol–water partition coefficient (Wildman–Crippen LogP) is 3.33. The second kappa shape index (κ2) is 9.22. The van der Waals surface area contributed by atoms with Gasteiger partial charge in [-0.1, -0.05) is 30.3 Å². The number of rotatable bonds is 8. The lowest BCUT2D eigenvalue weighted by Crippen LogP contribution is -2.42. The number of fused-ring (bicyclic) bond motifs is 1. The van der Waals surface area contributed by atoms with Gasteiger partial charge in [0.2, 0.25) is 0 Å². The molecule has 0 aromatic heterocycles. The number of hydrogen-bond acceptors (Lipinski definition) is 4. The summed E-state index contributed by atoms with van der Waals surface area (Å²) in [6.45, 7) is 10.00. The van der Waals surface area contributed by atoms with E-state index >= 15 is 0 Å². The lowest BCUT2D eigenvalue weighted by atomic mass is 10.1. The first-order valence-corrected chi connectivity index (χ1v) is 10.4. The molecule has 0 radical (unpaired) electrons. The number of benzene rings is 2. The summed E-state index contributed by atoms with van der Waals surface area (Å²) < 4.78 is 0. The van der Waals surface area contributed by atoms with E-state index < -0.39 is 0 Å². The van der Waals surface area contributed by atoms with Crippen LogP contribution in [0, 0.1) is 0 Å². The molecule has 30 heavy (non-hydrogen) atoms. The maximum Gasteiger partial charge on any atom is 0.261 e. The molecule has 6 heteroatoms. The van der Waals surface area contributed by atoms with Gasteiger partial charge >= 0.3 is 0 Å². The van der Waals surface area contributed by atoms with Gasteiger partial charge in [0.05, 0.1) is 17.7 Å². The molecule has 1 aliphatic heterocycles. The highest BCUT2D eigenvalue weighted by Gasteiger charge is 2.36. The van der Waals surface area contributed by atoms with Crippen LogP contribution < -0.4 is 5.32 Å². The van der Waals surface area contributed by atoms with Gasteiger partial charge in [-0.15, -0.1) is 0 Å². The van der Waals surface area contributed by atoms with Crippen LogP contribution in [0.4, 0.5) is 0 Å². The van der Waals surface area contributed by atoms with Crippen molar-refractivity contribution >= 4 is 17.7 Å². The normalized spacial score (nSPS) is 13.5. The van der Waals surface area contributed by atoms with Crippen LogP contribution in [-0.2, 0) is 6.54 Å². The fourth-order valence-corrected chi connectivity index (χ4v) is 3.85. The third kappa shape index (κ3) is 4.60. The van der Waals surface area contributed by atoms with Crippen molar-refractivity contribution < 1.29 is 14.4 Å². The molecular weight excluding hydrogens is 378 g/mol. The standard InChI is InChI=1S/C24H29N3O3/c1-16(2)26(17(3)4)13-12-25-22(28)19-10-11-20-21(14-19)24(30)27(23(20)29)15-18-8-6-5-7-9-18/h5-11,14,16-17H,12-13,15H2,1-4H3,(H,25,28). The fourth-order valence-electron chi connectivity index (χ4n) is 3.85. The minimum atomic E-state index is -0.362. The first-order chi connectivity index (χ1) is 14.3. The van der Waals surface area contributed by atoms with Crippen molar-refractivity contribution in [3.05, 3.63) is 70.8 Å². The highest BCUT2D eigenvalue weighted by Crippen LogP contribution is 2.25. The molecule has 0 fully saturated rings. The zero-order chi connectivity index (χ0) is 21.8. The van der Waals surface area contributed by atoms with Crippen molar-refractivity contribution in [1.29, 1.82) is 0 Å². The van der Waals surface area contributed by atoms with Gasteiger partial charge in [0, 0.05) is 30.7 Å². The molecule has 6 nitrogen and oxygen atoms in total. The Hall–Kier alpha value is -2.99. The first-order valence-electron chi connectivity index (χ1n) is 10.4. The van der Waals surface area contributed by atoms with Crippen LogP contribution in [0.5, 0.6) is 0 Å². The Bertz CT molecular complexity index is 930. The van der Waals surface area contributed by atoms with E-state index in [0.29, 0.717) is 29.8 Å². The summed E-state index contributed by atoms with van der Waals surface area (Å²) in [5.74, 6) is -0.929. The Morgan fingerprint density at radius 2 is 1.57 bits per heavy atom. The van der Waals surface area contributed by atoms with Gasteiger partial charge in [-0.25, -0.2) is 0 Å². The summed E-state index contributed by atoms with van der Waals surface area (Å²) in [4.78, 5) is 41.6. The van der Waals surface area contributed by atoms with Crippen LogP contribution in [0.25, 0.3) is 0 Å². The quantitative estimate of drug-likeness (QED) is 0.682. The van der Waals surface area contributed by atoms with Gasteiger partial charge in [-0.05, 0) is 51.5 Å². The average Bonchev–Trinajstić information content (AvgIpc) is 2.95. The number of amides is 3. The van der Waals surface area contributed by atoms with Crippen LogP contribution in [-0.4, -0.2) is 52.7 Å². The Morgan fingerprint density at radius 3 is 2.20 bits per heavy atom. The molecule has 0 spiro atoms. The van der Waals surface area contributed by atoms with Crippen molar-refractivity contribution in [1.82, 2.24) is 15.1 Å². The van der Waals surface area contributed by atoms with E-state index in [0.717, 1.165) is 12.1 Å². The molecular formula is C24H29N3O3. The molecule has 158 valence electrons. The number of nitrogens with zero attached hydrogens (tertiary/aromatic N) is 2. The molecule has 1 aliphatic rings.